The summed E-state index contributed by atoms with van der Waals surface area (Å²) in [4.78, 5) is 26.8. The zero-order chi connectivity index (χ0) is 21.7. The molecule has 1 aliphatic rings. The number of aryl methyl sites for hydroxylation is 1. The third-order valence-electron chi connectivity index (χ3n) is 4.31. The maximum atomic E-state index is 13.1. The molecule has 0 bridgehead atoms. The van der Waals surface area contributed by atoms with E-state index in [1.807, 2.05) is 31.2 Å². The largest absolute Gasteiger partial charge is 0.493 e. The number of rotatable bonds is 7. The van der Waals surface area contributed by atoms with Gasteiger partial charge in [0.1, 0.15) is 0 Å². The smallest absolute Gasteiger partial charge is 0.344 e. The van der Waals surface area contributed by atoms with Gasteiger partial charge in [0.15, 0.2) is 22.4 Å². The highest BCUT2D eigenvalue weighted by molar-refractivity contribution is 8.27. The van der Waals surface area contributed by atoms with Crippen LogP contribution in [0.3, 0.4) is 0 Å². The Balaban J connectivity index is 1.93. The van der Waals surface area contributed by atoms with E-state index in [-0.39, 0.29) is 19.1 Å². The summed E-state index contributed by atoms with van der Waals surface area (Å²) in [6, 6.07) is 12.9. The number of benzene rings is 2. The highest BCUT2D eigenvalue weighted by Gasteiger charge is 2.34. The molecule has 30 heavy (non-hydrogen) atoms. The predicted molar refractivity (Wildman–Crippen MR) is 122 cm³/mol. The number of para-hydroxylation sites is 2. The molecule has 0 aliphatic carbocycles. The van der Waals surface area contributed by atoms with Crippen molar-refractivity contribution in [2.45, 2.75) is 13.8 Å². The number of carbonyl (C=O) groups is 2. The van der Waals surface area contributed by atoms with Crippen LogP contribution in [0.25, 0.3) is 6.08 Å². The lowest BCUT2D eigenvalue weighted by Crippen LogP contribution is -2.28. The first-order valence-electron chi connectivity index (χ1n) is 9.25. The summed E-state index contributed by atoms with van der Waals surface area (Å²) in [5.74, 6) is 0.107. The van der Waals surface area contributed by atoms with Gasteiger partial charge in [0, 0.05) is 5.56 Å². The van der Waals surface area contributed by atoms with Crippen molar-refractivity contribution in [2.24, 2.45) is 0 Å². The van der Waals surface area contributed by atoms with Crippen LogP contribution < -0.4 is 14.4 Å². The van der Waals surface area contributed by atoms with Gasteiger partial charge in [-0.2, -0.15) is 0 Å². The van der Waals surface area contributed by atoms with Crippen LogP contribution in [0.5, 0.6) is 11.5 Å². The lowest BCUT2D eigenvalue weighted by molar-refractivity contribution is -0.145. The Morgan fingerprint density at radius 3 is 2.67 bits per heavy atom. The first kappa shape index (κ1) is 21.9. The first-order chi connectivity index (χ1) is 14.5. The number of ether oxygens (including phenoxy) is 3. The van der Waals surface area contributed by atoms with E-state index in [4.69, 9.17) is 26.4 Å². The first-order valence-corrected chi connectivity index (χ1v) is 10.5. The quantitative estimate of drug-likeness (QED) is 0.358. The van der Waals surface area contributed by atoms with E-state index in [0.29, 0.717) is 26.3 Å². The van der Waals surface area contributed by atoms with Gasteiger partial charge < -0.3 is 14.2 Å². The number of amides is 1. The molecule has 0 aromatic heterocycles. The summed E-state index contributed by atoms with van der Waals surface area (Å²) in [7, 11) is 1.51. The standard InChI is InChI=1S/C22H21NO5S2/c1-4-27-19(24)13-28-20-15(9-7-11-17(20)26-3)12-18-21(25)23(22(29)30-18)16-10-6-5-8-14(16)2/h5-12H,4,13H2,1-3H3/b18-12+. The van der Waals surface area contributed by atoms with Crippen molar-refractivity contribution in [1.29, 1.82) is 0 Å². The molecule has 0 spiro atoms. The fourth-order valence-corrected chi connectivity index (χ4v) is 4.20. The van der Waals surface area contributed by atoms with Crippen molar-refractivity contribution >= 4 is 51.9 Å². The summed E-state index contributed by atoms with van der Waals surface area (Å²) in [5.41, 5.74) is 2.31. The molecule has 0 saturated carbocycles. The minimum atomic E-state index is -0.486. The van der Waals surface area contributed by atoms with Crippen LogP contribution in [0.2, 0.25) is 0 Å². The molecule has 0 radical (unpaired) electrons. The van der Waals surface area contributed by atoms with Crippen molar-refractivity contribution in [1.82, 2.24) is 0 Å². The highest BCUT2D eigenvalue weighted by atomic mass is 32.2. The van der Waals surface area contributed by atoms with Crippen LogP contribution in [0, 0.1) is 6.92 Å². The maximum absolute atomic E-state index is 13.1. The monoisotopic (exact) mass is 443 g/mol. The Morgan fingerprint density at radius 1 is 1.20 bits per heavy atom. The minimum absolute atomic E-state index is 0.210. The van der Waals surface area contributed by atoms with E-state index in [1.54, 1.807) is 31.2 Å². The van der Waals surface area contributed by atoms with Crippen molar-refractivity contribution in [3.63, 3.8) is 0 Å². The van der Waals surface area contributed by atoms with Gasteiger partial charge in [0.25, 0.3) is 5.91 Å². The second-order valence-corrected chi connectivity index (χ2v) is 7.95. The Kier molecular flexibility index (Phi) is 7.12. The van der Waals surface area contributed by atoms with Gasteiger partial charge in [-0.1, -0.05) is 54.3 Å². The molecule has 1 amide bonds. The molecule has 3 rings (SSSR count). The SMILES string of the molecule is CCOC(=O)COc1c(/C=C2/SC(=S)N(c3ccccc3C)C2=O)cccc1OC. The van der Waals surface area contributed by atoms with Gasteiger partial charge in [-0.3, -0.25) is 9.69 Å². The van der Waals surface area contributed by atoms with Crippen LogP contribution in [-0.4, -0.2) is 36.5 Å². The second kappa shape index (κ2) is 9.77. The molecule has 8 heteroatoms. The molecule has 156 valence electrons. The van der Waals surface area contributed by atoms with Gasteiger partial charge in [-0.25, -0.2) is 4.79 Å². The minimum Gasteiger partial charge on any atom is -0.493 e. The molecular weight excluding hydrogens is 422 g/mol. The molecule has 1 aliphatic heterocycles. The van der Waals surface area contributed by atoms with Crippen LogP contribution in [0.4, 0.5) is 5.69 Å². The number of thioether (sulfide) groups is 1. The normalized spacial score (nSPS) is 14.9. The van der Waals surface area contributed by atoms with Crippen LogP contribution >= 0.6 is 24.0 Å². The Hall–Kier alpha value is -2.84. The van der Waals surface area contributed by atoms with Gasteiger partial charge in [-0.15, -0.1) is 0 Å². The summed E-state index contributed by atoms with van der Waals surface area (Å²) in [6.07, 6.45) is 1.70. The van der Waals surface area contributed by atoms with E-state index < -0.39 is 5.97 Å². The van der Waals surface area contributed by atoms with E-state index in [2.05, 4.69) is 0 Å². The Labute approximate surface area is 184 Å². The molecule has 0 atom stereocenters. The fourth-order valence-electron chi connectivity index (χ4n) is 2.93. The zero-order valence-corrected chi connectivity index (χ0v) is 18.5. The van der Waals surface area contributed by atoms with E-state index in [0.717, 1.165) is 11.3 Å². The second-order valence-electron chi connectivity index (χ2n) is 6.28. The van der Waals surface area contributed by atoms with Crippen LogP contribution in [0.15, 0.2) is 47.4 Å². The summed E-state index contributed by atoms with van der Waals surface area (Å²) in [6.45, 7) is 3.66. The van der Waals surface area contributed by atoms with Crippen molar-refractivity contribution in [3.05, 3.63) is 58.5 Å². The molecular formula is C22H21NO5S2. The van der Waals surface area contributed by atoms with Gasteiger partial charge >= 0.3 is 5.97 Å². The van der Waals surface area contributed by atoms with Crippen LogP contribution in [-0.2, 0) is 14.3 Å². The fraction of sp³-hybridized carbons (Fsp3) is 0.227. The van der Waals surface area contributed by atoms with Crippen molar-refractivity contribution in [3.8, 4) is 11.5 Å². The Bertz CT molecular complexity index is 1020. The predicted octanol–water partition coefficient (Wildman–Crippen LogP) is 4.35. The Morgan fingerprint density at radius 2 is 1.97 bits per heavy atom. The lowest BCUT2D eigenvalue weighted by Gasteiger charge is -2.16. The van der Waals surface area contributed by atoms with Crippen molar-refractivity contribution < 1.29 is 23.8 Å². The van der Waals surface area contributed by atoms with E-state index in [9.17, 15) is 9.59 Å². The number of nitrogens with zero attached hydrogens (tertiary/aromatic N) is 1. The third kappa shape index (κ3) is 4.66. The third-order valence-corrected chi connectivity index (χ3v) is 5.61. The average Bonchev–Trinajstić information content (AvgIpc) is 3.00. The lowest BCUT2D eigenvalue weighted by atomic mass is 10.1. The van der Waals surface area contributed by atoms with Crippen molar-refractivity contribution in [2.75, 3.05) is 25.2 Å². The molecule has 0 unspecified atom stereocenters. The molecule has 1 fully saturated rings. The number of hydrogen-bond donors (Lipinski definition) is 0. The average molecular weight is 444 g/mol. The van der Waals surface area contributed by atoms with E-state index in [1.165, 1.54) is 23.8 Å². The summed E-state index contributed by atoms with van der Waals surface area (Å²) >= 11 is 6.67. The molecule has 6 nitrogen and oxygen atoms in total. The van der Waals surface area contributed by atoms with Gasteiger partial charge in [0.05, 0.1) is 24.3 Å². The molecule has 2 aromatic carbocycles. The number of carbonyl (C=O) groups excluding carboxylic acids is 2. The number of anilines is 1. The van der Waals surface area contributed by atoms with Gasteiger partial charge in [0.2, 0.25) is 0 Å². The topological polar surface area (TPSA) is 65.1 Å². The molecule has 2 aromatic rings. The summed E-state index contributed by atoms with van der Waals surface area (Å²) < 4.78 is 16.4. The molecule has 0 N–H and O–H groups in total. The number of thiocarbonyl (C=S) groups is 1. The highest BCUT2D eigenvalue weighted by Crippen LogP contribution is 2.39. The van der Waals surface area contributed by atoms with Gasteiger partial charge in [-0.05, 0) is 37.6 Å². The number of hydrogen-bond acceptors (Lipinski definition) is 7. The summed E-state index contributed by atoms with van der Waals surface area (Å²) in [5, 5.41) is 0. The maximum Gasteiger partial charge on any atom is 0.344 e. The number of esters is 1. The molecule has 1 saturated heterocycles. The molecule has 1 heterocycles. The van der Waals surface area contributed by atoms with E-state index >= 15 is 0 Å². The zero-order valence-electron chi connectivity index (χ0n) is 16.8. The number of methoxy groups -OCH3 is 1. The van der Waals surface area contributed by atoms with Crippen LogP contribution in [0.1, 0.15) is 18.1 Å².